The minimum absolute atomic E-state index is 0.243. The van der Waals surface area contributed by atoms with E-state index in [4.69, 9.17) is 0 Å². The molecule has 1 aliphatic rings. The summed E-state index contributed by atoms with van der Waals surface area (Å²) in [5.41, 5.74) is 2.48. The summed E-state index contributed by atoms with van der Waals surface area (Å²) in [6.45, 7) is 0.884. The zero-order chi connectivity index (χ0) is 13.8. The van der Waals surface area contributed by atoms with Crippen molar-refractivity contribution < 1.29 is 4.79 Å². The maximum Gasteiger partial charge on any atom is 0.223 e. The molecule has 0 aliphatic carbocycles. The van der Waals surface area contributed by atoms with Gasteiger partial charge in [-0.1, -0.05) is 0 Å². The molecular weight excluding hydrogens is 268 g/mol. The van der Waals surface area contributed by atoms with Gasteiger partial charge in [0.15, 0.2) is 0 Å². The second-order valence-corrected chi connectivity index (χ2v) is 5.94. The number of carbonyl (C=O) groups excluding carboxylic acids is 1. The lowest BCUT2D eigenvalue weighted by atomic mass is 10.1. The molecule has 0 unspecified atom stereocenters. The van der Waals surface area contributed by atoms with Crippen LogP contribution in [-0.4, -0.2) is 22.3 Å². The number of nitrogens with zero attached hydrogens (tertiary/aromatic N) is 2. The second kappa shape index (κ2) is 6.18. The number of pyridine rings is 1. The van der Waals surface area contributed by atoms with Crippen LogP contribution in [0.1, 0.15) is 36.4 Å². The number of likely N-dealkylation sites (tertiary alicyclic amines) is 1. The van der Waals surface area contributed by atoms with Gasteiger partial charge in [0.05, 0.1) is 6.04 Å². The summed E-state index contributed by atoms with van der Waals surface area (Å²) in [4.78, 5) is 18.5. The first-order valence-corrected chi connectivity index (χ1v) is 7.99. The van der Waals surface area contributed by atoms with E-state index in [2.05, 4.69) is 21.8 Å². The maximum atomic E-state index is 12.4. The zero-order valence-electron chi connectivity index (χ0n) is 11.4. The summed E-state index contributed by atoms with van der Waals surface area (Å²) in [6, 6.07) is 6.39. The van der Waals surface area contributed by atoms with Crippen molar-refractivity contribution in [2.45, 2.75) is 31.7 Å². The summed E-state index contributed by atoms with van der Waals surface area (Å²) < 4.78 is 0. The highest BCUT2D eigenvalue weighted by Crippen LogP contribution is 2.32. The molecule has 0 saturated carbocycles. The molecule has 104 valence electrons. The van der Waals surface area contributed by atoms with Crippen molar-refractivity contribution in [3.05, 3.63) is 52.5 Å². The van der Waals surface area contributed by atoms with Crippen LogP contribution in [0.15, 0.2) is 41.4 Å². The number of rotatable bonds is 4. The number of hydrogen-bond donors (Lipinski definition) is 0. The molecule has 2 aromatic rings. The fraction of sp³-hybridized carbons (Fsp3) is 0.375. The number of amides is 1. The molecular formula is C16H18N2OS. The van der Waals surface area contributed by atoms with Crippen LogP contribution in [0.2, 0.25) is 0 Å². The van der Waals surface area contributed by atoms with E-state index in [0.717, 1.165) is 25.8 Å². The van der Waals surface area contributed by atoms with E-state index < -0.39 is 0 Å². The van der Waals surface area contributed by atoms with E-state index in [0.29, 0.717) is 6.42 Å². The highest BCUT2D eigenvalue weighted by atomic mass is 32.1. The molecule has 20 heavy (non-hydrogen) atoms. The van der Waals surface area contributed by atoms with Crippen molar-refractivity contribution in [3.63, 3.8) is 0 Å². The van der Waals surface area contributed by atoms with Crippen LogP contribution in [-0.2, 0) is 11.2 Å². The molecule has 3 rings (SSSR count). The van der Waals surface area contributed by atoms with E-state index >= 15 is 0 Å². The number of thiophene rings is 1. The summed E-state index contributed by atoms with van der Waals surface area (Å²) in [6.07, 6.45) is 7.23. The monoisotopic (exact) mass is 286 g/mol. The third-order valence-electron chi connectivity index (χ3n) is 3.87. The predicted molar refractivity (Wildman–Crippen MR) is 80.6 cm³/mol. The number of hydrogen-bond acceptors (Lipinski definition) is 3. The molecule has 3 heterocycles. The maximum absolute atomic E-state index is 12.4. The van der Waals surface area contributed by atoms with Crippen molar-refractivity contribution in [2.24, 2.45) is 0 Å². The molecule has 1 amide bonds. The third-order valence-corrected chi connectivity index (χ3v) is 4.60. The van der Waals surface area contributed by atoms with E-state index in [9.17, 15) is 4.79 Å². The first-order chi connectivity index (χ1) is 9.84. The van der Waals surface area contributed by atoms with Gasteiger partial charge in [-0.2, -0.15) is 11.3 Å². The van der Waals surface area contributed by atoms with Gasteiger partial charge in [0, 0.05) is 25.4 Å². The average molecular weight is 286 g/mol. The summed E-state index contributed by atoms with van der Waals surface area (Å²) in [5, 5.41) is 4.19. The molecule has 3 nitrogen and oxygen atoms in total. The Balaban J connectivity index is 1.64. The SMILES string of the molecule is O=C(CCc1ccsc1)N1CCC[C@H]1c1ccncc1. The minimum Gasteiger partial charge on any atom is -0.336 e. The van der Waals surface area contributed by atoms with Crippen LogP contribution in [0, 0.1) is 0 Å². The number of aryl methyl sites for hydroxylation is 1. The normalized spacial score (nSPS) is 18.4. The smallest absolute Gasteiger partial charge is 0.223 e. The Kier molecular flexibility index (Phi) is 4.11. The third kappa shape index (κ3) is 2.90. The Hall–Kier alpha value is -1.68. The fourth-order valence-corrected chi connectivity index (χ4v) is 3.53. The Bertz CT molecular complexity index is 553. The van der Waals surface area contributed by atoms with Gasteiger partial charge in [-0.15, -0.1) is 0 Å². The fourth-order valence-electron chi connectivity index (χ4n) is 2.83. The lowest BCUT2D eigenvalue weighted by Crippen LogP contribution is -2.30. The summed E-state index contributed by atoms with van der Waals surface area (Å²) in [7, 11) is 0. The summed E-state index contributed by atoms with van der Waals surface area (Å²) in [5.74, 6) is 0.274. The Morgan fingerprint density at radius 2 is 2.20 bits per heavy atom. The van der Waals surface area contributed by atoms with Crippen LogP contribution in [0.3, 0.4) is 0 Å². The molecule has 0 N–H and O–H groups in total. The zero-order valence-corrected chi connectivity index (χ0v) is 12.2. The number of aromatic nitrogens is 1. The molecule has 1 aliphatic heterocycles. The molecule has 0 spiro atoms. The van der Waals surface area contributed by atoms with Gasteiger partial charge < -0.3 is 4.90 Å². The predicted octanol–water partition coefficient (Wildman–Crippen LogP) is 3.44. The van der Waals surface area contributed by atoms with Crippen LogP contribution < -0.4 is 0 Å². The Labute approximate surface area is 123 Å². The molecule has 2 aromatic heterocycles. The Morgan fingerprint density at radius 1 is 1.35 bits per heavy atom. The number of carbonyl (C=O) groups is 1. The van der Waals surface area contributed by atoms with Gasteiger partial charge in [-0.3, -0.25) is 9.78 Å². The standard InChI is InChI=1S/C16H18N2OS/c19-16(4-3-13-7-11-20-12-13)18-10-1-2-15(18)14-5-8-17-9-6-14/h5-9,11-12,15H,1-4,10H2/t15-/m0/s1. The highest BCUT2D eigenvalue weighted by Gasteiger charge is 2.29. The van der Waals surface area contributed by atoms with Crippen LogP contribution >= 0.6 is 11.3 Å². The van der Waals surface area contributed by atoms with Crippen LogP contribution in [0.25, 0.3) is 0 Å². The molecule has 1 atom stereocenters. The molecule has 1 fully saturated rings. The quantitative estimate of drug-likeness (QED) is 0.862. The van der Waals surface area contributed by atoms with Crippen molar-refractivity contribution in [1.29, 1.82) is 0 Å². The first kappa shape index (κ1) is 13.3. The van der Waals surface area contributed by atoms with Gasteiger partial charge in [-0.25, -0.2) is 0 Å². The van der Waals surface area contributed by atoms with E-state index in [1.54, 1.807) is 11.3 Å². The Morgan fingerprint density at radius 3 is 2.95 bits per heavy atom. The average Bonchev–Trinajstić information content (AvgIpc) is 3.17. The van der Waals surface area contributed by atoms with Gasteiger partial charge in [-0.05, 0) is 59.3 Å². The minimum atomic E-state index is 0.243. The van der Waals surface area contributed by atoms with Gasteiger partial charge >= 0.3 is 0 Å². The second-order valence-electron chi connectivity index (χ2n) is 5.16. The molecule has 4 heteroatoms. The highest BCUT2D eigenvalue weighted by molar-refractivity contribution is 7.07. The van der Waals surface area contributed by atoms with Crippen LogP contribution in [0.5, 0.6) is 0 Å². The van der Waals surface area contributed by atoms with Crippen LogP contribution in [0.4, 0.5) is 0 Å². The van der Waals surface area contributed by atoms with E-state index in [1.807, 2.05) is 29.4 Å². The van der Waals surface area contributed by atoms with Crippen molar-refractivity contribution in [3.8, 4) is 0 Å². The van der Waals surface area contributed by atoms with Gasteiger partial charge in [0.2, 0.25) is 5.91 Å². The summed E-state index contributed by atoms with van der Waals surface area (Å²) >= 11 is 1.69. The molecule has 0 radical (unpaired) electrons. The van der Waals surface area contributed by atoms with E-state index in [-0.39, 0.29) is 11.9 Å². The van der Waals surface area contributed by atoms with Gasteiger partial charge in [0.1, 0.15) is 0 Å². The molecule has 0 aromatic carbocycles. The molecule has 1 saturated heterocycles. The lowest BCUT2D eigenvalue weighted by molar-refractivity contribution is -0.132. The van der Waals surface area contributed by atoms with Gasteiger partial charge in [0.25, 0.3) is 0 Å². The van der Waals surface area contributed by atoms with Crippen molar-refractivity contribution in [2.75, 3.05) is 6.54 Å². The first-order valence-electron chi connectivity index (χ1n) is 7.05. The molecule has 0 bridgehead atoms. The topological polar surface area (TPSA) is 33.2 Å². The largest absolute Gasteiger partial charge is 0.336 e. The lowest BCUT2D eigenvalue weighted by Gasteiger charge is -2.25. The van der Waals surface area contributed by atoms with E-state index in [1.165, 1.54) is 11.1 Å². The van der Waals surface area contributed by atoms with Crippen molar-refractivity contribution in [1.82, 2.24) is 9.88 Å². The van der Waals surface area contributed by atoms with Crippen molar-refractivity contribution >= 4 is 17.2 Å².